The number of methoxy groups -OCH3 is 1. The van der Waals surface area contributed by atoms with Gasteiger partial charge in [-0.25, -0.2) is 9.59 Å². The molecule has 2 amide bonds. The first-order valence-electron chi connectivity index (χ1n) is 6.67. The van der Waals surface area contributed by atoms with Crippen LogP contribution in [0.5, 0.6) is 0 Å². The van der Waals surface area contributed by atoms with Crippen molar-refractivity contribution >= 4 is 12.0 Å². The average molecular weight is 295 g/mol. The second-order valence-electron chi connectivity index (χ2n) is 4.78. The Morgan fingerprint density at radius 1 is 1.48 bits per heavy atom. The van der Waals surface area contributed by atoms with Gasteiger partial charge in [-0.05, 0) is 26.0 Å². The number of aromatic carboxylic acids is 1. The van der Waals surface area contributed by atoms with E-state index >= 15 is 0 Å². The summed E-state index contributed by atoms with van der Waals surface area (Å²) in [5, 5.41) is 11.6. The fraction of sp³-hybridized carbons (Fsp3) is 0.500. The zero-order valence-corrected chi connectivity index (χ0v) is 12.5. The number of carbonyl (C=O) groups is 2. The molecule has 1 heterocycles. The fourth-order valence-electron chi connectivity index (χ4n) is 1.76. The minimum atomic E-state index is -1.02. The van der Waals surface area contributed by atoms with E-state index in [0.29, 0.717) is 18.8 Å². The van der Waals surface area contributed by atoms with Gasteiger partial charge in [0.05, 0.1) is 24.4 Å². The van der Waals surface area contributed by atoms with E-state index in [2.05, 4.69) is 10.3 Å². The van der Waals surface area contributed by atoms with E-state index in [9.17, 15) is 9.59 Å². The Morgan fingerprint density at radius 3 is 2.76 bits per heavy atom. The molecule has 1 rings (SSSR count). The van der Waals surface area contributed by atoms with Gasteiger partial charge in [-0.15, -0.1) is 0 Å². The Balaban J connectivity index is 2.62. The molecule has 0 radical (unpaired) electrons. The highest BCUT2D eigenvalue weighted by Crippen LogP contribution is 2.03. The Labute approximate surface area is 123 Å². The largest absolute Gasteiger partial charge is 0.478 e. The third kappa shape index (κ3) is 5.39. The predicted molar refractivity (Wildman–Crippen MR) is 77.2 cm³/mol. The van der Waals surface area contributed by atoms with Crippen LogP contribution >= 0.6 is 0 Å². The van der Waals surface area contributed by atoms with Crippen molar-refractivity contribution in [2.45, 2.75) is 26.4 Å². The van der Waals surface area contributed by atoms with Gasteiger partial charge in [0.15, 0.2) is 0 Å². The summed E-state index contributed by atoms with van der Waals surface area (Å²) in [6.07, 6.45) is 1.41. The molecule has 0 atom stereocenters. The van der Waals surface area contributed by atoms with E-state index in [1.807, 2.05) is 13.8 Å². The number of rotatable bonds is 7. The van der Waals surface area contributed by atoms with Crippen LogP contribution in [0.2, 0.25) is 0 Å². The number of aromatic nitrogens is 1. The molecule has 0 saturated heterocycles. The first-order chi connectivity index (χ1) is 9.95. The lowest BCUT2D eigenvalue weighted by atomic mass is 10.2. The van der Waals surface area contributed by atoms with Crippen LogP contribution < -0.4 is 5.32 Å². The van der Waals surface area contributed by atoms with Gasteiger partial charge in [-0.3, -0.25) is 4.98 Å². The molecule has 1 aromatic heterocycles. The highest BCUT2D eigenvalue weighted by molar-refractivity contribution is 5.87. The number of nitrogens with one attached hydrogen (secondary N) is 1. The second kappa shape index (κ2) is 8.21. The Bertz CT molecular complexity index is 491. The molecule has 0 aliphatic carbocycles. The fourth-order valence-corrected chi connectivity index (χ4v) is 1.76. The van der Waals surface area contributed by atoms with E-state index in [0.717, 1.165) is 0 Å². The molecule has 0 spiro atoms. The van der Waals surface area contributed by atoms with E-state index in [1.165, 1.54) is 18.3 Å². The molecule has 1 aromatic rings. The molecular weight excluding hydrogens is 274 g/mol. The molecule has 0 aliphatic heterocycles. The number of amides is 2. The smallest absolute Gasteiger partial charge is 0.335 e. The number of urea groups is 1. The second-order valence-corrected chi connectivity index (χ2v) is 4.78. The van der Waals surface area contributed by atoms with Crippen molar-refractivity contribution in [3.8, 4) is 0 Å². The number of carboxylic acids is 1. The zero-order valence-electron chi connectivity index (χ0n) is 12.5. The van der Waals surface area contributed by atoms with Gasteiger partial charge in [0.1, 0.15) is 0 Å². The van der Waals surface area contributed by atoms with Gasteiger partial charge in [-0.1, -0.05) is 0 Å². The first-order valence-corrected chi connectivity index (χ1v) is 6.67. The quantitative estimate of drug-likeness (QED) is 0.792. The van der Waals surface area contributed by atoms with Gasteiger partial charge in [0.25, 0.3) is 0 Å². The summed E-state index contributed by atoms with van der Waals surface area (Å²) < 4.78 is 4.98. The first kappa shape index (κ1) is 16.9. The van der Waals surface area contributed by atoms with E-state index < -0.39 is 5.97 Å². The summed E-state index contributed by atoms with van der Waals surface area (Å²) in [7, 11) is 1.58. The summed E-state index contributed by atoms with van der Waals surface area (Å²) in [6.45, 7) is 4.95. The third-order valence-electron chi connectivity index (χ3n) is 2.90. The summed E-state index contributed by atoms with van der Waals surface area (Å²) in [5.74, 6) is -1.02. The van der Waals surface area contributed by atoms with Gasteiger partial charge in [0, 0.05) is 25.9 Å². The normalized spacial score (nSPS) is 10.5. The lowest BCUT2D eigenvalue weighted by Crippen LogP contribution is -2.45. The number of hydrogen-bond donors (Lipinski definition) is 2. The van der Waals surface area contributed by atoms with Crippen LogP contribution in [0.25, 0.3) is 0 Å². The van der Waals surface area contributed by atoms with Crippen LogP contribution in [-0.2, 0) is 11.3 Å². The molecule has 21 heavy (non-hydrogen) atoms. The Kier molecular flexibility index (Phi) is 6.61. The van der Waals surface area contributed by atoms with Crippen LogP contribution in [0.1, 0.15) is 29.9 Å². The molecular formula is C14H21N3O4. The number of carbonyl (C=O) groups excluding carboxylic acids is 1. The zero-order chi connectivity index (χ0) is 15.8. The van der Waals surface area contributed by atoms with Crippen LogP contribution in [-0.4, -0.2) is 53.3 Å². The minimum Gasteiger partial charge on any atom is -0.478 e. The molecule has 0 fully saturated rings. The van der Waals surface area contributed by atoms with Gasteiger partial charge < -0.3 is 20.1 Å². The van der Waals surface area contributed by atoms with Crippen molar-refractivity contribution in [3.05, 3.63) is 29.6 Å². The SMILES string of the molecule is COCCN(C(=O)NCc1cc(C(=O)O)ccn1)C(C)C. The van der Waals surface area contributed by atoms with Crippen molar-refractivity contribution in [2.24, 2.45) is 0 Å². The number of hydrogen-bond acceptors (Lipinski definition) is 4. The standard InChI is InChI=1S/C14H21N3O4/c1-10(2)17(6-7-21-3)14(20)16-9-12-8-11(13(18)19)4-5-15-12/h4-5,8,10H,6-7,9H2,1-3H3,(H,16,20)(H,18,19). The van der Waals surface area contributed by atoms with Crippen molar-refractivity contribution in [1.82, 2.24) is 15.2 Å². The summed E-state index contributed by atoms with van der Waals surface area (Å²) in [5.41, 5.74) is 0.646. The molecule has 0 bridgehead atoms. The van der Waals surface area contributed by atoms with Crippen LogP contribution in [0.15, 0.2) is 18.3 Å². The Hall–Kier alpha value is -2.15. The summed E-state index contributed by atoms with van der Waals surface area (Å²) >= 11 is 0. The number of nitrogens with zero attached hydrogens (tertiary/aromatic N) is 2. The summed E-state index contributed by atoms with van der Waals surface area (Å²) in [6, 6.07) is 2.66. The van der Waals surface area contributed by atoms with Crippen LogP contribution in [0, 0.1) is 0 Å². The molecule has 7 heteroatoms. The number of carboxylic acid groups (broad SMARTS) is 1. The monoisotopic (exact) mass is 295 g/mol. The highest BCUT2D eigenvalue weighted by Gasteiger charge is 2.16. The van der Waals surface area contributed by atoms with Crippen molar-refractivity contribution < 1.29 is 19.4 Å². The van der Waals surface area contributed by atoms with Crippen LogP contribution in [0.4, 0.5) is 4.79 Å². The maximum absolute atomic E-state index is 12.1. The van der Waals surface area contributed by atoms with Crippen molar-refractivity contribution in [2.75, 3.05) is 20.3 Å². The number of ether oxygens (including phenoxy) is 1. The predicted octanol–water partition coefficient (Wildman–Crippen LogP) is 1.35. The molecule has 7 nitrogen and oxygen atoms in total. The molecule has 2 N–H and O–H groups in total. The minimum absolute atomic E-state index is 0.0402. The maximum atomic E-state index is 12.1. The third-order valence-corrected chi connectivity index (χ3v) is 2.90. The lowest BCUT2D eigenvalue weighted by molar-refractivity contribution is 0.0696. The maximum Gasteiger partial charge on any atom is 0.335 e. The molecule has 0 aliphatic rings. The molecule has 0 unspecified atom stereocenters. The number of pyridine rings is 1. The molecule has 0 saturated carbocycles. The molecule has 0 aromatic carbocycles. The van der Waals surface area contributed by atoms with Crippen molar-refractivity contribution in [3.63, 3.8) is 0 Å². The van der Waals surface area contributed by atoms with Crippen LogP contribution in [0.3, 0.4) is 0 Å². The van der Waals surface area contributed by atoms with Crippen molar-refractivity contribution in [1.29, 1.82) is 0 Å². The van der Waals surface area contributed by atoms with E-state index in [4.69, 9.17) is 9.84 Å². The van der Waals surface area contributed by atoms with E-state index in [1.54, 1.807) is 12.0 Å². The Morgan fingerprint density at radius 2 is 2.19 bits per heavy atom. The van der Waals surface area contributed by atoms with E-state index in [-0.39, 0.29) is 24.2 Å². The lowest BCUT2D eigenvalue weighted by Gasteiger charge is -2.26. The van der Waals surface area contributed by atoms with Gasteiger partial charge in [-0.2, -0.15) is 0 Å². The van der Waals surface area contributed by atoms with Gasteiger partial charge in [0.2, 0.25) is 0 Å². The summed E-state index contributed by atoms with van der Waals surface area (Å²) in [4.78, 5) is 28.6. The topological polar surface area (TPSA) is 91.8 Å². The highest BCUT2D eigenvalue weighted by atomic mass is 16.5. The average Bonchev–Trinajstić information content (AvgIpc) is 2.45. The van der Waals surface area contributed by atoms with Gasteiger partial charge >= 0.3 is 12.0 Å². The molecule has 116 valence electrons.